The van der Waals surface area contributed by atoms with Gasteiger partial charge in [0, 0.05) is 24.6 Å². The van der Waals surface area contributed by atoms with Crippen molar-refractivity contribution in [2.24, 2.45) is 12.1 Å². The van der Waals surface area contributed by atoms with Crippen LogP contribution in [0.25, 0.3) is 11.4 Å². The molecule has 0 amide bonds. The van der Waals surface area contributed by atoms with E-state index in [4.69, 9.17) is 16.3 Å². The molecule has 0 aliphatic heterocycles. The number of anilines is 1. The van der Waals surface area contributed by atoms with Crippen LogP contribution in [0.1, 0.15) is 6.92 Å². The van der Waals surface area contributed by atoms with Crippen molar-refractivity contribution in [2.45, 2.75) is 12.1 Å². The maximum Gasteiger partial charge on any atom is 0.197 e. The number of benzene rings is 2. The summed E-state index contributed by atoms with van der Waals surface area (Å²) in [5.74, 6) is 1.26. The molecule has 1 N–H and O–H groups in total. The second-order valence-corrected chi connectivity index (χ2v) is 7.18. The molecule has 0 aliphatic rings. The topological polar surface area (TPSA) is 81.4 Å². The zero-order chi connectivity index (χ0) is 20.1. The second kappa shape index (κ2) is 8.90. The van der Waals surface area contributed by atoms with E-state index >= 15 is 0 Å². The largest absolute Gasteiger partial charge is 0.497 e. The molecule has 3 aromatic rings. The quantitative estimate of drug-likeness (QED) is 0.280. The van der Waals surface area contributed by atoms with Crippen LogP contribution in [0, 0.1) is 0 Å². The van der Waals surface area contributed by atoms with E-state index < -0.39 is 0 Å². The van der Waals surface area contributed by atoms with Crippen molar-refractivity contribution in [3.05, 3.63) is 53.6 Å². The van der Waals surface area contributed by atoms with Gasteiger partial charge in [0.15, 0.2) is 21.8 Å². The van der Waals surface area contributed by atoms with Crippen molar-refractivity contribution in [1.29, 1.82) is 0 Å². The van der Waals surface area contributed by atoms with Gasteiger partial charge in [0.2, 0.25) is 0 Å². The Balaban J connectivity index is 1.79. The Bertz CT molecular complexity index is 1000. The molecule has 0 atom stereocenters. The maximum atomic E-state index is 12.0. The van der Waals surface area contributed by atoms with Crippen molar-refractivity contribution < 1.29 is 9.53 Å². The smallest absolute Gasteiger partial charge is 0.197 e. The van der Waals surface area contributed by atoms with Gasteiger partial charge in [-0.2, -0.15) is 5.10 Å². The number of nitrogens with zero attached hydrogens (tertiary/aromatic N) is 4. The number of nitrogens with one attached hydrogen (secondary N) is 1. The van der Waals surface area contributed by atoms with Gasteiger partial charge in [-0.25, -0.2) is 0 Å². The molecule has 0 fully saturated rings. The number of carbonyl (C=O) groups excluding carboxylic acids is 1. The van der Waals surface area contributed by atoms with Gasteiger partial charge in [0.25, 0.3) is 0 Å². The van der Waals surface area contributed by atoms with Gasteiger partial charge in [0.05, 0.1) is 12.8 Å². The lowest BCUT2D eigenvalue weighted by Gasteiger charge is -2.06. The first-order valence-corrected chi connectivity index (χ1v) is 9.49. The number of hydrazone groups is 1. The number of Topliss-reactive ketones (excluding diaryl/α,β-unsaturated/α-hetero) is 1. The van der Waals surface area contributed by atoms with E-state index in [0.29, 0.717) is 16.0 Å². The van der Waals surface area contributed by atoms with E-state index in [1.807, 2.05) is 35.9 Å². The third kappa shape index (κ3) is 4.71. The number of ether oxygens (including phenoxy) is 1. The molecule has 28 heavy (non-hydrogen) atoms. The summed E-state index contributed by atoms with van der Waals surface area (Å²) in [7, 11) is 3.46. The predicted molar refractivity (Wildman–Crippen MR) is 112 cm³/mol. The molecule has 7 nitrogen and oxygen atoms in total. The highest BCUT2D eigenvalue weighted by atomic mass is 35.5. The number of rotatable bonds is 6. The van der Waals surface area contributed by atoms with Gasteiger partial charge < -0.3 is 9.30 Å². The molecule has 0 bridgehead atoms. The van der Waals surface area contributed by atoms with Crippen LogP contribution in [0.3, 0.4) is 0 Å². The summed E-state index contributed by atoms with van der Waals surface area (Å²) in [6, 6.07) is 14.5. The fourth-order valence-electron chi connectivity index (χ4n) is 2.29. The number of methoxy groups -OCH3 is 1. The van der Waals surface area contributed by atoms with Crippen LogP contribution >= 0.6 is 23.4 Å². The van der Waals surface area contributed by atoms with Gasteiger partial charge in [-0.05, 0) is 60.3 Å². The maximum absolute atomic E-state index is 12.0. The summed E-state index contributed by atoms with van der Waals surface area (Å²) in [6.07, 6.45) is 0. The van der Waals surface area contributed by atoms with Crippen molar-refractivity contribution in [2.75, 3.05) is 12.5 Å². The molecule has 0 unspecified atom stereocenters. The normalized spacial score (nSPS) is 11.4. The number of halogens is 1. The number of hydrogen-bond acceptors (Lipinski definition) is 7. The van der Waals surface area contributed by atoms with Crippen LogP contribution in [0.4, 0.5) is 5.69 Å². The molecule has 9 heteroatoms. The number of ketones is 1. The third-order valence-corrected chi connectivity index (χ3v) is 5.17. The van der Waals surface area contributed by atoms with E-state index in [-0.39, 0.29) is 10.8 Å². The summed E-state index contributed by atoms with van der Waals surface area (Å²) >= 11 is 7.02. The molecule has 3 rings (SSSR count). The molecule has 0 saturated heterocycles. The fraction of sp³-hybridized carbons (Fsp3) is 0.158. The predicted octanol–water partition coefficient (Wildman–Crippen LogP) is 4.25. The first kappa shape index (κ1) is 19.9. The average molecular weight is 416 g/mol. The van der Waals surface area contributed by atoms with Crippen molar-refractivity contribution >= 4 is 39.9 Å². The van der Waals surface area contributed by atoms with Gasteiger partial charge >= 0.3 is 0 Å². The van der Waals surface area contributed by atoms with E-state index in [1.54, 1.807) is 31.4 Å². The summed E-state index contributed by atoms with van der Waals surface area (Å²) in [5, 5.41) is 14.1. The molecule has 1 aromatic heterocycles. The Morgan fingerprint density at radius 2 is 1.82 bits per heavy atom. The van der Waals surface area contributed by atoms with E-state index in [1.165, 1.54) is 6.92 Å². The minimum Gasteiger partial charge on any atom is -0.497 e. The lowest BCUT2D eigenvalue weighted by atomic mass is 10.2. The second-order valence-electron chi connectivity index (χ2n) is 5.79. The summed E-state index contributed by atoms with van der Waals surface area (Å²) < 4.78 is 6.99. The van der Waals surface area contributed by atoms with Crippen molar-refractivity contribution in [3.63, 3.8) is 0 Å². The van der Waals surface area contributed by atoms with Crippen LogP contribution in [0.15, 0.2) is 58.8 Å². The first-order chi connectivity index (χ1) is 13.5. The van der Waals surface area contributed by atoms with E-state index in [2.05, 4.69) is 20.7 Å². The Morgan fingerprint density at radius 3 is 2.43 bits per heavy atom. The van der Waals surface area contributed by atoms with Crippen molar-refractivity contribution in [3.8, 4) is 17.1 Å². The van der Waals surface area contributed by atoms with Gasteiger partial charge in [-0.15, -0.1) is 10.2 Å². The van der Waals surface area contributed by atoms with Gasteiger partial charge in [-0.3, -0.25) is 10.2 Å². The SMILES string of the molecule is COc1ccc(-c2nnc(SC(=NNc3ccc(Cl)cc3)C(C)=O)n2C)cc1. The van der Waals surface area contributed by atoms with Crippen LogP contribution in [0.2, 0.25) is 5.02 Å². The van der Waals surface area contributed by atoms with Crippen LogP contribution in [-0.2, 0) is 11.8 Å². The summed E-state index contributed by atoms with van der Waals surface area (Å²) in [5.41, 5.74) is 4.48. The van der Waals surface area contributed by atoms with Crippen LogP contribution in [0.5, 0.6) is 5.75 Å². The minimum atomic E-state index is -0.180. The molecule has 0 spiro atoms. The Hall–Kier alpha value is -2.84. The van der Waals surface area contributed by atoms with Gasteiger partial charge in [0.1, 0.15) is 5.75 Å². The number of thioether (sulfide) groups is 1. The Kier molecular flexibility index (Phi) is 6.33. The van der Waals surface area contributed by atoms with Crippen molar-refractivity contribution in [1.82, 2.24) is 14.8 Å². The highest BCUT2D eigenvalue weighted by Gasteiger charge is 2.16. The first-order valence-electron chi connectivity index (χ1n) is 8.30. The number of carbonyl (C=O) groups is 1. The Morgan fingerprint density at radius 1 is 1.14 bits per heavy atom. The summed E-state index contributed by atoms with van der Waals surface area (Å²) in [6.45, 7) is 1.45. The molecule has 144 valence electrons. The molecular weight excluding hydrogens is 398 g/mol. The lowest BCUT2D eigenvalue weighted by molar-refractivity contribution is -0.110. The molecular formula is C19H18ClN5O2S. The average Bonchev–Trinajstić information content (AvgIpc) is 3.06. The Labute approximate surface area is 171 Å². The fourth-order valence-corrected chi connectivity index (χ4v) is 3.13. The molecule has 2 aromatic carbocycles. The molecule has 0 aliphatic carbocycles. The van der Waals surface area contributed by atoms with E-state index in [0.717, 1.165) is 28.8 Å². The van der Waals surface area contributed by atoms with Crippen LogP contribution in [-0.4, -0.2) is 32.7 Å². The third-order valence-electron chi connectivity index (χ3n) is 3.80. The lowest BCUT2D eigenvalue weighted by Crippen LogP contribution is -2.09. The van der Waals surface area contributed by atoms with Crippen LogP contribution < -0.4 is 10.2 Å². The highest BCUT2D eigenvalue weighted by Crippen LogP contribution is 2.25. The molecule has 0 radical (unpaired) electrons. The minimum absolute atomic E-state index is 0.180. The monoisotopic (exact) mass is 415 g/mol. The number of aromatic nitrogens is 3. The highest BCUT2D eigenvalue weighted by molar-refractivity contribution is 8.15. The van der Waals surface area contributed by atoms with E-state index in [9.17, 15) is 4.79 Å². The zero-order valence-corrected chi connectivity index (χ0v) is 17.1. The molecule has 0 saturated carbocycles. The summed E-state index contributed by atoms with van der Waals surface area (Å²) in [4.78, 5) is 12.0. The number of hydrogen-bond donors (Lipinski definition) is 1. The van der Waals surface area contributed by atoms with Gasteiger partial charge in [-0.1, -0.05) is 11.6 Å². The molecule has 1 heterocycles. The zero-order valence-electron chi connectivity index (χ0n) is 15.5. The standard InChI is InChI=1S/C19H18ClN5O2S/c1-12(26)18(23-21-15-8-6-14(20)7-9-15)28-19-24-22-17(25(19)2)13-4-10-16(27-3)11-5-13/h4-11,21H,1-3H3.